The largest absolute Gasteiger partial charge is 0.488 e. The highest BCUT2D eigenvalue weighted by molar-refractivity contribution is 5.69. The van der Waals surface area contributed by atoms with Gasteiger partial charge in [0, 0.05) is 12.3 Å². The molecule has 0 amide bonds. The minimum Gasteiger partial charge on any atom is -0.488 e. The third-order valence-corrected chi connectivity index (χ3v) is 4.01. The van der Waals surface area contributed by atoms with Crippen LogP contribution in [0.4, 0.5) is 0 Å². The molecule has 3 heteroatoms. The lowest BCUT2D eigenvalue weighted by molar-refractivity contribution is -0.151. The number of benzene rings is 1. The number of hydrogen-bond donors (Lipinski definition) is 0. The van der Waals surface area contributed by atoms with E-state index in [0.717, 1.165) is 25.0 Å². The summed E-state index contributed by atoms with van der Waals surface area (Å²) in [5.74, 6) is 1.10. The minimum atomic E-state index is -0.189. The van der Waals surface area contributed by atoms with Crippen LogP contribution in [0.3, 0.4) is 0 Å². The molecular weight excluding hydrogens is 276 g/mol. The van der Waals surface area contributed by atoms with E-state index < -0.39 is 0 Å². The molecule has 0 unspecified atom stereocenters. The lowest BCUT2D eigenvalue weighted by atomic mass is 9.81. The van der Waals surface area contributed by atoms with Crippen molar-refractivity contribution >= 4 is 5.97 Å². The molecule has 0 aliphatic heterocycles. The third-order valence-electron chi connectivity index (χ3n) is 4.01. The molecule has 0 radical (unpaired) electrons. The predicted octanol–water partition coefficient (Wildman–Crippen LogP) is 4.84. The summed E-state index contributed by atoms with van der Waals surface area (Å²) in [5.41, 5.74) is 1.06. The van der Waals surface area contributed by atoms with E-state index in [1.165, 1.54) is 12.0 Å². The van der Waals surface area contributed by atoms with Gasteiger partial charge in [-0.3, -0.25) is 4.79 Å². The molecule has 1 saturated carbocycles. The maximum atomic E-state index is 11.6. The normalized spacial score (nSPS) is 22.2. The van der Waals surface area contributed by atoms with Crippen molar-refractivity contribution in [3.63, 3.8) is 0 Å². The molecule has 0 heterocycles. The average Bonchev–Trinajstić information content (AvgIpc) is 2.47. The van der Waals surface area contributed by atoms with Crippen LogP contribution >= 0.6 is 0 Å². The Hall–Kier alpha value is -1.51. The molecule has 122 valence electrons. The summed E-state index contributed by atoms with van der Waals surface area (Å²) >= 11 is 0. The van der Waals surface area contributed by atoms with Crippen LogP contribution in [0.5, 0.6) is 5.75 Å². The van der Waals surface area contributed by atoms with Crippen molar-refractivity contribution in [3.8, 4) is 5.75 Å². The molecule has 1 aromatic rings. The molecule has 22 heavy (non-hydrogen) atoms. The molecule has 0 N–H and O–H groups in total. The standard InChI is InChI=1S/C19H28O3/c1-5-18(20)21-17-9-7-6-8-16(17)14-10-12-15(13-11-14)22-19(2,3)4/h10-13,16-17H,5-9H2,1-4H3/t16-,17+/m0/s1. The molecule has 2 atom stereocenters. The average molecular weight is 304 g/mol. The zero-order chi connectivity index (χ0) is 16.2. The van der Waals surface area contributed by atoms with E-state index in [1.54, 1.807) is 0 Å². The van der Waals surface area contributed by atoms with Gasteiger partial charge in [0.05, 0.1) is 0 Å². The number of ether oxygens (including phenoxy) is 2. The van der Waals surface area contributed by atoms with Gasteiger partial charge in [-0.1, -0.05) is 25.5 Å². The van der Waals surface area contributed by atoms with Gasteiger partial charge < -0.3 is 9.47 Å². The zero-order valence-electron chi connectivity index (χ0n) is 14.2. The van der Waals surface area contributed by atoms with E-state index in [0.29, 0.717) is 12.3 Å². The topological polar surface area (TPSA) is 35.5 Å². The minimum absolute atomic E-state index is 0.0237. The van der Waals surface area contributed by atoms with Gasteiger partial charge in [0.25, 0.3) is 0 Å². The SMILES string of the molecule is CCC(=O)O[C@@H]1CCCC[C@H]1c1ccc(OC(C)(C)C)cc1. The summed E-state index contributed by atoms with van der Waals surface area (Å²) in [5, 5.41) is 0. The molecule has 0 saturated heterocycles. The first-order valence-electron chi connectivity index (χ1n) is 8.37. The number of carbonyl (C=O) groups is 1. The quantitative estimate of drug-likeness (QED) is 0.746. The molecule has 2 rings (SSSR count). The molecule has 1 aromatic carbocycles. The van der Waals surface area contributed by atoms with Gasteiger partial charge in [-0.15, -0.1) is 0 Å². The van der Waals surface area contributed by atoms with E-state index in [1.807, 2.05) is 39.8 Å². The van der Waals surface area contributed by atoms with Gasteiger partial charge in [-0.2, -0.15) is 0 Å². The van der Waals surface area contributed by atoms with Crippen LogP contribution in [0.2, 0.25) is 0 Å². The first-order valence-corrected chi connectivity index (χ1v) is 8.37. The Labute approximate surface area is 134 Å². The highest BCUT2D eigenvalue weighted by Crippen LogP contribution is 2.36. The van der Waals surface area contributed by atoms with Crippen LogP contribution in [0.25, 0.3) is 0 Å². The second-order valence-electron chi connectivity index (χ2n) is 7.06. The number of rotatable bonds is 4. The Balaban J connectivity index is 2.09. The first kappa shape index (κ1) is 16.9. The Bertz CT molecular complexity index is 484. The molecule has 1 aliphatic carbocycles. The Morgan fingerprint density at radius 2 is 1.77 bits per heavy atom. The Morgan fingerprint density at radius 3 is 2.36 bits per heavy atom. The highest BCUT2D eigenvalue weighted by atomic mass is 16.5. The van der Waals surface area contributed by atoms with Gasteiger partial charge in [0.15, 0.2) is 0 Å². The van der Waals surface area contributed by atoms with Crippen LogP contribution < -0.4 is 4.74 Å². The summed E-state index contributed by atoms with van der Waals surface area (Å²) in [6.45, 7) is 7.98. The maximum Gasteiger partial charge on any atom is 0.305 e. The summed E-state index contributed by atoms with van der Waals surface area (Å²) in [6.07, 6.45) is 4.86. The van der Waals surface area contributed by atoms with Crippen LogP contribution in [0.1, 0.15) is 71.3 Å². The van der Waals surface area contributed by atoms with Gasteiger partial charge in [-0.05, 0) is 57.7 Å². The molecule has 3 nitrogen and oxygen atoms in total. The highest BCUT2D eigenvalue weighted by Gasteiger charge is 2.29. The van der Waals surface area contributed by atoms with E-state index in [4.69, 9.17) is 9.47 Å². The Morgan fingerprint density at radius 1 is 1.14 bits per heavy atom. The van der Waals surface area contributed by atoms with E-state index in [2.05, 4.69) is 12.1 Å². The van der Waals surface area contributed by atoms with Crippen molar-refractivity contribution < 1.29 is 14.3 Å². The number of carbonyl (C=O) groups excluding carboxylic acids is 1. The smallest absolute Gasteiger partial charge is 0.305 e. The number of hydrogen-bond acceptors (Lipinski definition) is 3. The summed E-state index contributed by atoms with van der Waals surface area (Å²) in [7, 11) is 0. The van der Waals surface area contributed by atoms with Crippen molar-refractivity contribution in [1.82, 2.24) is 0 Å². The molecule has 1 fully saturated rings. The van der Waals surface area contributed by atoms with Gasteiger partial charge >= 0.3 is 5.97 Å². The van der Waals surface area contributed by atoms with Crippen LogP contribution in [-0.4, -0.2) is 17.7 Å². The van der Waals surface area contributed by atoms with Gasteiger partial charge in [0.1, 0.15) is 17.5 Å². The second kappa shape index (κ2) is 7.17. The van der Waals surface area contributed by atoms with E-state index in [-0.39, 0.29) is 17.7 Å². The summed E-state index contributed by atoms with van der Waals surface area (Å²) in [4.78, 5) is 11.6. The van der Waals surface area contributed by atoms with E-state index in [9.17, 15) is 4.79 Å². The maximum absolute atomic E-state index is 11.6. The van der Waals surface area contributed by atoms with Gasteiger partial charge in [-0.25, -0.2) is 0 Å². The lowest BCUT2D eigenvalue weighted by Gasteiger charge is -2.31. The second-order valence-corrected chi connectivity index (χ2v) is 7.06. The van der Waals surface area contributed by atoms with Crippen molar-refractivity contribution in [2.45, 2.75) is 77.4 Å². The predicted molar refractivity (Wildman–Crippen MR) is 88.2 cm³/mol. The van der Waals surface area contributed by atoms with Crippen LogP contribution in [-0.2, 0) is 9.53 Å². The third kappa shape index (κ3) is 4.75. The van der Waals surface area contributed by atoms with Crippen LogP contribution in [0.15, 0.2) is 24.3 Å². The van der Waals surface area contributed by atoms with Crippen molar-refractivity contribution in [2.75, 3.05) is 0 Å². The molecule has 0 spiro atoms. The molecule has 1 aliphatic rings. The fourth-order valence-corrected chi connectivity index (χ4v) is 3.01. The van der Waals surface area contributed by atoms with Crippen molar-refractivity contribution in [3.05, 3.63) is 29.8 Å². The molecule has 0 aromatic heterocycles. The fourth-order valence-electron chi connectivity index (χ4n) is 3.01. The van der Waals surface area contributed by atoms with Crippen molar-refractivity contribution in [2.24, 2.45) is 0 Å². The first-order chi connectivity index (χ1) is 10.4. The van der Waals surface area contributed by atoms with E-state index >= 15 is 0 Å². The molecular formula is C19H28O3. The van der Waals surface area contributed by atoms with Gasteiger partial charge in [0.2, 0.25) is 0 Å². The number of esters is 1. The Kier molecular flexibility index (Phi) is 5.49. The van der Waals surface area contributed by atoms with Crippen LogP contribution in [0, 0.1) is 0 Å². The summed E-state index contributed by atoms with van der Waals surface area (Å²) in [6, 6.07) is 8.27. The summed E-state index contributed by atoms with van der Waals surface area (Å²) < 4.78 is 11.5. The molecule has 0 bridgehead atoms. The lowest BCUT2D eigenvalue weighted by Crippen LogP contribution is -2.28. The monoisotopic (exact) mass is 304 g/mol. The zero-order valence-corrected chi connectivity index (χ0v) is 14.2. The van der Waals surface area contributed by atoms with Crippen molar-refractivity contribution in [1.29, 1.82) is 0 Å². The fraction of sp³-hybridized carbons (Fsp3) is 0.632.